The molecule has 1 rings (SSSR count). The van der Waals surface area contributed by atoms with Gasteiger partial charge in [0.15, 0.2) is 0 Å². The second-order valence-corrected chi connectivity index (χ2v) is 1.57. The van der Waals surface area contributed by atoms with Crippen LogP contribution in [0.2, 0.25) is 0 Å². The van der Waals surface area contributed by atoms with Gasteiger partial charge in [-0.25, -0.2) is 0 Å². The van der Waals surface area contributed by atoms with Crippen LogP contribution in [0, 0.1) is 6.42 Å². The topological polar surface area (TPSA) is 0 Å². The fraction of sp³-hybridized carbons (Fsp3) is 0.800. The molecule has 0 aliphatic heterocycles. The SMILES string of the molecule is [CH-]1CCCC1.[Cu+]. The van der Waals surface area contributed by atoms with Crippen LogP contribution in [-0.4, -0.2) is 0 Å². The summed E-state index contributed by atoms with van der Waals surface area (Å²) >= 11 is 0. The number of hydrogen-bond donors (Lipinski definition) is 0. The van der Waals surface area contributed by atoms with Gasteiger partial charge in [0.1, 0.15) is 0 Å². The predicted molar refractivity (Wildman–Crippen MR) is 22.8 cm³/mol. The van der Waals surface area contributed by atoms with Crippen LogP contribution >= 0.6 is 0 Å². The minimum absolute atomic E-state index is 0. The van der Waals surface area contributed by atoms with Crippen LogP contribution in [-0.2, 0) is 17.1 Å². The summed E-state index contributed by atoms with van der Waals surface area (Å²) in [4.78, 5) is 0. The molecule has 0 saturated heterocycles. The van der Waals surface area contributed by atoms with Crippen molar-refractivity contribution in [2.45, 2.75) is 25.7 Å². The van der Waals surface area contributed by atoms with Crippen LogP contribution in [0.3, 0.4) is 0 Å². The van der Waals surface area contributed by atoms with Gasteiger partial charge in [-0.1, -0.05) is 12.8 Å². The third-order valence-electron chi connectivity index (χ3n) is 1.07. The van der Waals surface area contributed by atoms with Gasteiger partial charge in [-0.15, -0.1) is 0 Å². The largest absolute Gasteiger partial charge is 1.00 e. The van der Waals surface area contributed by atoms with E-state index in [1.165, 1.54) is 25.7 Å². The van der Waals surface area contributed by atoms with E-state index in [1.54, 1.807) is 0 Å². The van der Waals surface area contributed by atoms with Crippen LogP contribution in [0.4, 0.5) is 0 Å². The summed E-state index contributed by atoms with van der Waals surface area (Å²) in [5, 5.41) is 0. The van der Waals surface area contributed by atoms with Gasteiger partial charge in [0.2, 0.25) is 0 Å². The minimum atomic E-state index is 0. The van der Waals surface area contributed by atoms with Gasteiger partial charge in [-0.3, -0.25) is 0 Å². The van der Waals surface area contributed by atoms with E-state index in [4.69, 9.17) is 0 Å². The van der Waals surface area contributed by atoms with Gasteiger partial charge in [-0.05, 0) is 0 Å². The Morgan fingerprint density at radius 3 is 1.67 bits per heavy atom. The fourth-order valence-electron chi connectivity index (χ4n) is 0.722. The second kappa shape index (κ2) is 3.70. The summed E-state index contributed by atoms with van der Waals surface area (Å²) in [6, 6.07) is 0. The average Bonchev–Trinajstić information content (AvgIpc) is 1.76. The molecule has 0 spiro atoms. The van der Waals surface area contributed by atoms with E-state index >= 15 is 0 Å². The summed E-state index contributed by atoms with van der Waals surface area (Å²) in [6.07, 6.45) is 8.00. The van der Waals surface area contributed by atoms with E-state index in [1.807, 2.05) is 0 Å². The van der Waals surface area contributed by atoms with Gasteiger partial charge in [0, 0.05) is 0 Å². The van der Waals surface area contributed by atoms with E-state index in [2.05, 4.69) is 6.42 Å². The molecule has 40 valence electrons. The Bertz CT molecular complexity index is 15.5. The Hall–Kier alpha value is 0.519. The molecule has 1 aliphatic rings. The van der Waals surface area contributed by atoms with Crippen molar-refractivity contribution >= 4 is 0 Å². The molecule has 0 amide bonds. The quantitative estimate of drug-likeness (QED) is 0.348. The van der Waals surface area contributed by atoms with Crippen molar-refractivity contribution in [2.75, 3.05) is 0 Å². The molecule has 0 radical (unpaired) electrons. The van der Waals surface area contributed by atoms with Crippen LogP contribution < -0.4 is 0 Å². The van der Waals surface area contributed by atoms with Crippen LogP contribution in [0.25, 0.3) is 0 Å². The van der Waals surface area contributed by atoms with Crippen molar-refractivity contribution in [1.82, 2.24) is 0 Å². The molecule has 0 aromatic heterocycles. The summed E-state index contributed by atoms with van der Waals surface area (Å²) in [5.74, 6) is 0. The maximum absolute atomic E-state index is 2.36. The Kier molecular flexibility index (Phi) is 4.02. The van der Waals surface area contributed by atoms with Crippen LogP contribution in [0.5, 0.6) is 0 Å². The zero-order chi connectivity index (χ0) is 3.54. The minimum Gasteiger partial charge on any atom is -0.328 e. The summed E-state index contributed by atoms with van der Waals surface area (Å²) in [7, 11) is 0. The van der Waals surface area contributed by atoms with E-state index in [9.17, 15) is 0 Å². The molecular formula is C5H9Cu. The Morgan fingerprint density at radius 2 is 1.50 bits per heavy atom. The van der Waals surface area contributed by atoms with Crippen molar-refractivity contribution in [3.05, 3.63) is 6.42 Å². The molecule has 1 aliphatic carbocycles. The molecule has 0 aromatic carbocycles. The van der Waals surface area contributed by atoms with Gasteiger partial charge in [0.25, 0.3) is 0 Å². The van der Waals surface area contributed by atoms with Crippen molar-refractivity contribution in [1.29, 1.82) is 0 Å². The van der Waals surface area contributed by atoms with Gasteiger partial charge in [-0.2, -0.15) is 12.8 Å². The Labute approximate surface area is 49.8 Å². The fourth-order valence-corrected chi connectivity index (χ4v) is 0.722. The van der Waals surface area contributed by atoms with E-state index in [0.29, 0.717) is 0 Å². The Morgan fingerprint density at radius 1 is 1.00 bits per heavy atom. The van der Waals surface area contributed by atoms with Crippen molar-refractivity contribution in [3.63, 3.8) is 0 Å². The van der Waals surface area contributed by atoms with Gasteiger partial charge < -0.3 is 6.42 Å². The zero-order valence-electron chi connectivity index (χ0n) is 3.71. The number of rotatable bonds is 0. The second-order valence-electron chi connectivity index (χ2n) is 1.57. The molecule has 1 heteroatoms. The number of hydrogen-bond acceptors (Lipinski definition) is 0. The molecule has 0 heterocycles. The summed E-state index contributed by atoms with van der Waals surface area (Å²) in [6.45, 7) is 0. The average molecular weight is 133 g/mol. The first kappa shape index (κ1) is 6.52. The van der Waals surface area contributed by atoms with Crippen molar-refractivity contribution < 1.29 is 17.1 Å². The zero-order valence-corrected chi connectivity index (χ0v) is 4.65. The molecule has 1 saturated carbocycles. The maximum Gasteiger partial charge on any atom is 1.00 e. The molecule has 0 aromatic rings. The molecule has 0 bridgehead atoms. The van der Waals surface area contributed by atoms with Crippen molar-refractivity contribution in [2.24, 2.45) is 0 Å². The normalized spacial score (nSPS) is 20.0. The predicted octanol–water partition coefficient (Wildman–Crippen LogP) is 1.76. The molecule has 0 N–H and O–H groups in total. The molecule has 0 unspecified atom stereocenters. The maximum atomic E-state index is 2.36. The van der Waals surface area contributed by atoms with Gasteiger partial charge >= 0.3 is 17.1 Å². The third kappa shape index (κ3) is 1.84. The standard InChI is InChI=1S/C5H9.Cu/c1-2-4-5-3-1;/h1H,2-5H2;/q-1;+1. The van der Waals surface area contributed by atoms with Crippen molar-refractivity contribution in [3.8, 4) is 0 Å². The molecule has 0 nitrogen and oxygen atoms in total. The van der Waals surface area contributed by atoms with E-state index in [-0.39, 0.29) is 17.1 Å². The summed E-state index contributed by atoms with van der Waals surface area (Å²) < 4.78 is 0. The first-order valence-electron chi connectivity index (χ1n) is 2.32. The molecule has 6 heavy (non-hydrogen) atoms. The summed E-state index contributed by atoms with van der Waals surface area (Å²) in [5.41, 5.74) is 0. The smallest absolute Gasteiger partial charge is 0.328 e. The molecule has 1 fully saturated rings. The molecular weight excluding hydrogens is 124 g/mol. The molecule has 0 atom stereocenters. The van der Waals surface area contributed by atoms with Crippen LogP contribution in [0.15, 0.2) is 0 Å². The first-order valence-corrected chi connectivity index (χ1v) is 2.32. The van der Waals surface area contributed by atoms with Crippen LogP contribution in [0.1, 0.15) is 25.7 Å². The first-order chi connectivity index (χ1) is 2.50. The van der Waals surface area contributed by atoms with E-state index in [0.717, 1.165) is 0 Å². The van der Waals surface area contributed by atoms with E-state index < -0.39 is 0 Å². The Balaban J connectivity index is 0.000000250. The monoisotopic (exact) mass is 132 g/mol. The van der Waals surface area contributed by atoms with Gasteiger partial charge in [0.05, 0.1) is 0 Å². The third-order valence-corrected chi connectivity index (χ3v) is 1.07.